The molecular weight excluding hydrogens is 340 g/mol. The van der Waals surface area contributed by atoms with Gasteiger partial charge >= 0.3 is 6.09 Å². The fourth-order valence-electron chi connectivity index (χ4n) is 4.16. The zero-order valence-corrected chi connectivity index (χ0v) is 14.9. The van der Waals surface area contributed by atoms with Gasteiger partial charge in [0, 0.05) is 28.9 Å². The van der Waals surface area contributed by atoms with Gasteiger partial charge < -0.3 is 15.0 Å². The van der Waals surface area contributed by atoms with E-state index in [0.29, 0.717) is 11.8 Å². The summed E-state index contributed by atoms with van der Waals surface area (Å²) in [6.07, 6.45) is 3.69. The molecular formula is C18H21ClN4O2. The molecule has 1 aromatic carbocycles. The van der Waals surface area contributed by atoms with Crippen molar-refractivity contribution in [1.82, 2.24) is 15.1 Å². The first kappa shape index (κ1) is 16.4. The van der Waals surface area contributed by atoms with Gasteiger partial charge in [-0.25, -0.2) is 4.79 Å². The van der Waals surface area contributed by atoms with Gasteiger partial charge in [-0.2, -0.15) is 0 Å². The molecule has 2 saturated heterocycles. The van der Waals surface area contributed by atoms with E-state index in [1.807, 2.05) is 36.1 Å². The smallest absolute Gasteiger partial charge is 0.410 e. The Kier molecular flexibility index (Phi) is 4.37. The van der Waals surface area contributed by atoms with Crippen molar-refractivity contribution in [3.05, 3.63) is 29.4 Å². The van der Waals surface area contributed by atoms with Crippen LogP contribution < -0.4 is 5.32 Å². The highest BCUT2D eigenvalue weighted by Crippen LogP contribution is 2.38. The summed E-state index contributed by atoms with van der Waals surface area (Å²) in [7, 11) is 0. The molecule has 0 saturated carbocycles. The van der Waals surface area contributed by atoms with Gasteiger partial charge in [0.15, 0.2) is 11.0 Å². The first-order valence-electron chi connectivity index (χ1n) is 8.80. The summed E-state index contributed by atoms with van der Waals surface area (Å²) in [5, 5.41) is 14.1. The summed E-state index contributed by atoms with van der Waals surface area (Å²) in [5.41, 5.74) is 0. The van der Waals surface area contributed by atoms with E-state index >= 15 is 0 Å². The van der Waals surface area contributed by atoms with E-state index in [-0.39, 0.29) is 24.2 Å². The van der Waals surface area contributed by atoms with Gasteiger partial charge in [-0.15, -0.1) is 10.2 Å². The predicted molar refractivity (Wildman–Crippen MR) is 96.9 cm³/mol. The lowest BCUT2D eigenvalue weighted by atomic mass is 9.97. The number of nitrogens with zero attached hydrogens (tertiary/aromatic N) is 3. The molecule has 2 aromatic rings. The molecule has 1 aromatic heterocycles. The molecule has 2 bridgehead atoms. The van der Waals surface area contributed by atoms with Crippen molar-refractivity contribution in [2.45, 2.75) is 50.7 Å². The third-order valence-electron chi connectivity index (χ3n) is 5.19. The van der Waals surface area contributed by atoms with Gasteiger partial charge in [0.05, 0.1) is 6.61 Å². The zero-order chi connectivity index (χ0) is 17.4. The maximum Gasteiger partial charge on any atom is 0.410 e. The fourth-order valence-corrected chi connectivity index (χ4v) is 4.36. The first-order chi connectivity index (χ1) is 12.2. The van der Waals surface area contributed by atoms with Gasteiger partial charge in [0.25, 0.3) is 0 Å². The van der Waals surface area contributed by atoms with Crippen LogP contribution in [0.2, 0.25) is 5.15 Å². The minimum absolute atomic E-state index is 0.176. The largest absolute Gasteiger partial charge is 0.450 e. The highest BCUT2D eigenvalue weighted by atomic mass is 35.5. The number of benzene rings is 1. The fraction of sp³-hybridized carbons (Fsp3) is 0.500. The number of halogens is 1. The molecule has 3 atom stereocenters. The minimum Gasteiger partial charge on any atom is -0.450 e. The minimum atomic E-state index is -0.176. The Morgan fingerprint density at radius 2 is 1.92 bits per heavy atom. The van der Waals surface area contributed by atoms with Crippen LogP contribution in [-0.4, -0.2) is 45.9 Å². The maximum atomic E-state index is 12.2. The lowest BCUT2D eigenvalue weighted by molar-refractivity contribution is 0.0711. The molecule has 2 fully saturated rings. The molecule has 1 amide bonds. The van der Waals surface area contributed by atoms with E-state index in [1.165, 1.54) is 0 Å². The molecule has 4 rings (SSSR count). The maximum absolute atomic E-state index is 12.2. The summed E-state index contributed by atoms with van der Waals surface area (Å²) in [4.78, 5) is 14.1. The van der Waals surface area contributed by atoms with Crippen LogP contribution in [-0.2, 0) is 4.74 Å². The van der Waals surface area contributed by atoms with Crippen LogP contribution in [0.25, 0.3) is 10.8 Å². The molecule has 25 heavy (non-hydrogen) atoms. The van der Waals surface area contributed by atoms with Crippen LogP contribution >= 0.6 is 11.6 Å². The summed E-state index contributed by atoms with van der Waals surface area (Å²) in [5.74, 6) is 0.758. The predicted octanol–water partition coefficient (Wildman–Crippen LogP) is 3.85. The number of rotatable bonds is 3. The van der Waals surface area contributed by atoms with Gasteiger partial charge in [-0.3, -0.25) is 0 Å². The molecule has 2 aliphatic heterocycles. The molecule has 3 heterocycles. The number of ether oxygens (including phenoxy) is 1. The second kappa shape index (κ2) is 6.67. The third kappa shape index (κ3) is 2.99. The highest BCUT2D eigenvalue weighted by molar-refractivity contribution is 6.34. The molecule has 132 valence electrons. The standard InChI is InChI=1S/C18H21ClN4O2/c1-2-25-18(24)23-12-7-8-13(23)10-11(9-12)20-17-15-6-4-3-5-14(15)16(19)21-22-17/h3-6,11-13H,2,7-10H2,1H3,(H,20,22)/t11?,12-,13+. The Hall–Kier alpha value is -2.08. The number of nitrogens with one attached hydrogen (secondary N) is 1. The van der Waals surface area contributed by atoms with Crippen molar-refractivity contribution in [3.63, 3.8) is 0 Å². The number of fused-ring (bicyclic) bond motifs is 3. The molecule has 1 N–H and O–H groups in total. The SMILES string of the molecule is CCOC(=O)N1[C@@H]2CC[C@H]1CC(Nc1nnc(Cl)c3ccccc13)C2. The van der Waals surface area contributed by atoms with E-state index in [0.717, 1.165) is 42.3 Å². The van der Waals surface area contributed by atoms with E-state index in [9.17, 15) is 4.79 Å². The number of anilines is 1. The van der Waals surface area contributed by atoms with Crippen LogP contribution in [0.1, 0.15) is 32.6 Å². The number of piperidine rings is 1. The number of aromatic nitrogens is 2. The van der Waals surface area contributed by atoms with Crippen LogP contribution in [0.4, 0.5) is 10.6 Å². The normalized spacial score (nSPS) is 25.2. The van der Waals surface area contributed by atoms with Gasteiger partial charge in [-0.05, 0) is 32.6 Å². The molecule has 0 radical (unpaired) electrons. The van der Waals surface area contributed by atoms with Crippen molar-refractivity contribution >= 4 is 34.3 Å². The van der Waals surface area contributed by atoms with Gasteiger partial charge in [0.2, 0.25) is 0 Å². The number of amides is 1. The molecule has 2 aliphatic rings. The lowest BCUT2D eigenvalue weighted by Gasteiger charge is -2.38. The Morgan fingerprint density at radius 1 is 1.24 bits per heavy atom. The van der Waals surface area contributed by atoms with Crippen LogP contribution in [0.3, 0.4) is 0 Å². The molecule has 0 aliphatic carbocycles. The average Bonchev–Trinajstić information content (AvgIpc) is 2.89. The Balaban J connectivity index is 1.53. The quantitative estimate of drug-likeness (QED) is 0.900. The monoisotopic (exact) mass is 360 g/mol. The number of carbonyl (C=O) groups excluding carboxylic acids is 1. The Labute approximate surface area is 151 Å². The molecule has 7 heteroatoms. The summed E-state index contributed by atoms with van der Waals surface area (Å²) in [6.45, 7) is 2.27. The average molecular weight is 361 g/mol. The third-order valence-corrected chi connectivity index (χ3v) is 5.47. The molecule has 1 unspecified atom stereocenters. The lowest BCUT2D eigenvalue weighted by Crippen LogP contribution is -2.50. The van der Waals surface area contributed by atoms with E-state index in [1.54, 1.807) is 0 Å². The van der Waals surface area contributed by atoms with E-state index in [2.05, 4.69) is 15.5 Å². The van der Waals surface area contributed by atoms with E-state index in [4.69, 9.17) is 16.3 Å². The van der Waals surface area contributed by atoms with Crippen molar-refractivity contribution in [2.75, 3.05) is 11.9 Å². The first-order valence-corrected chi connectivity index (χ1v) is 9.17. The summed E-state index contributed by atoms with van der Waals surface area (Å²) in [6, 6.07) is 8.60. The number of carbonyl (C=O) groups is 1. The van der Waals surface area contributed by atoms with Crippen molar-refractivity contribution in [2.24, 2.45) is 0 Å². The van der Waals surface area contributed by atoms with Gasteiger partial charge in [0.1, 0.15) is 0 Å². The Morgan fingerprint density at radius 3 is 2.60 bits per heavy atom. The second-order valence-electron chi connectivity index (χ2n) is 6.69. The van der Waals surface area contributed by atoms with Crippen molar-refractivity contribution in [3.8, 4) is 0 Å². The van der Waals surface area contributed by atoms with Crippen molar-refractivity contribution < 1.29 is 9.53 Å². The number of hydrogen-bond donors (Lipinski definition) is 1. The zero-order valence-electron chi connectivity index (χ0n) is 14.1. The topological polar surface area (TPSA) is 67.3 Å². The summed E-state index contributed by atoms with van der Waals surface area (Å²) >= 11 is 6.15. The van der Waals surface area contributed by atoms with Crippen LogP contribution in [0.5, 0.6) is 0 Å². The highest BCUT2D eigenvalue weighted by Gasteiger charge is 2.44. The van der Waals surface area contributed by atoms with E-state index < -0.39 is 0 Å². The van der Waals surface area contributed by atoms with Gasteiger partial charge in [-0.1, -0.05) is 35.9 Å². The number of hydrogen-bond acceptors (Lipinski definition) is 5. The molecule has 6 nitrogen and oxygen atoms in total. The van der Waals surface area contributed by atoms with Crippen molar-refractivity contribution in [1.29, 1.82) is 0 Å². The Bertz CT molecular complexity index is 786. The molecule has 0 spiro atoms. The van der Waals surface area contributed by atoms with Crippen LogP contribution in [0.15, 0.2) is 24.3 Å². The summed E-state index contributed by atoms with van der Waals surface area (Å²) < 4.78 is 5.22. The van der Waals surface area contributed by atoms with Crippen LogP contribution in [0, 0.1) is 0 Å². The second-order valence-corrected chi connectivity index (χ2v) is 7.05.